The van der Waals surface area contributed by atoms with Crippen LogP contribution in [0.5, 0.6) is 0 Å². The summed E-state index contributed by atoms with van der Waals surface area (Å²) in [6.45, 7) is 2.22. The number of anilines is 1. The maximum absolute atomic E-state index is 13.0. The van der Waals surface area contributed by atoms with Gasteiger partial charge in [0.2, 0.25) is 0 Å². The molecule has 0 unspecified atom stereocenters. The minimum atomic E-state index is -0.349. The predicted molar refractivity (Wildman–Crippen MR) is 96.3 cm³/mol. The molecule has 0 aliphatic carbocycles. The van der Waals surface area contributed by atoms with Gasteiger partial charge in [0.15, 0.2) is 5.82 Å². The number of pyridine rings is 1. The highest BCUT2D eigenvalue weighted by Crippen LogP contribution is 2.25. The normalized spacial score (nSPS) is 14.8. The molecule has 0 bridgehead atoms. The van der Waals surface area contributed by atoms with Gasteiger partial charge in [0, 0.05) is 42.0 Å². The molecule has 0 radical (unpaired) electrons. The van der Waals surface area contributed by atoms with E-state index in [9.17, 15) is 4.39 Å². The zero-order valence-corrected chi connectivity index (χ0v) is 13.9. The Kier molecular flexibility index (Phi) is 4.21. The highest BCUT2D eigenvalue weighted by Gasteiger charge is 2.11. The Morgan fingerprint density at radius 3 is 2.42 bits per heavy atom. The molecule has 2 aromatic heterocycles. The van der Waals surface area contributed by atoms with E-state index >= 15 is 0 Å². The van der Waals surface area contributed by atoms with Gasteiger partial charge in [-0.3, -0.25) is 0 Å². The summed E-state index contributed by atoms with van der Waals surface area (Å²) in [4.78, 5) is 6.47. The lowest BCUT2D eigenvalue weighted by molar-refractivity contribution is 0.619. The van der Waals surface area contributed by atoms with Crippen molar-refractivity contribution in [3.8, 4) is 16.9 Å². The number of aromatic nitrogens is 3. The minimum Gasteiger partial charge on any atom is -0.370 e. The van der Waals surface area contributed by atoms with Crippen LogP contribution in [0.4, 0.5) is 10.1 Å². The fraction of sp³-hybridized carbons (Fsp3) is 0.222. The van der Waals surface area contributed by atoms with Gasteiger partial charge in [0.05, 0.1) is 12.4 Å². The van der Waals surface area contributed by atoms with Crippen LogP contribution in [0.3, 0.4) is 0 Å². The molecule has 122 valence electrons. The first-order chi connectivity index (χ1) is 11.8. The second kappa shape index (κ2) is 6.65. The molecule has 0 amide bonds. The van der Waals surface area contributed by atoms with Gasteiger partial charge >= 0.3 is 0 Å². The van der Waals surface area contributed by atoms with E-state index in [1.807, 2.05) is 18.0 Å². The Bertz CT molecular complexity index is 808. The van der Waals surface area contributed by atoms with Crippen LogP contribution in [0, 0.1) is 5.82 Å². The van der Waals surface area contributed by atoms with E-state index in [0.29, 0.717) is 5.82 Å². The summed E-state index contributed by atoms with van der Waals surface area (Å²) < 4.78 is 14.6. The number of halogens is 1. The minimum absolute atomic E-state index is 0.349. The molecule has 0 saturated carbocycles. The van der Waals surface area contributed by atoms with E-state index in [0.717, 1.165) is 24.2 Å². The third kappa shape index (κ3) is 3.14. The van der Waals surface area contributed by atoms with Crippen molar-refractivity contribution in [2.24, 2.45) is 0 Å². The van der Waals surface area contributed by atoms with Crippen LogP contribution in [0.2, 0.25) is 0 Å². The summed E-state index contributed by atoms with van der Waals surface area (Å²) in [6.07, 6.45) is 4.91. The van der Waals surface area contributed by atoms with E-state index < -0.39 is 0 Å². The maximum atomic E-state index is 13.0. The lowest BCUT2D eigenvalue weighted by Crippen LogP contribution is -2.32. The lowest BCUT2D eigenvalue weighted by atomic mass is 10.1. The third-order valence-corrected chi connectivity index (χ3v) is 5.05. The van der Waals surface area contributed by atoms with E-state index in [-0.39, 0.29) is 5.82 Å². The van der Waals surface area contributed by atoms with Gasteiger partial charge in [-0.05, 0) is 29.8 Å². The molecule has 0 atom stereocenters. The Balaban J connectivity index is 1.54. The molecule has 4 nitrogen and oxygen atoms in total. The first-order valence-electron chi connectivity index (χ1n) is 7.89. The van der Waals surface area contributed by atoms with Crippen molar-refractivity contribution >= 4 is 17.4 Å². The Morgan fingerprint density at radius 1 is 0.917 bits per heavy atom. The van der Waals surface area contributed by atoms with Crippen LogP contribution < -0.4 is 4.90 Å². The number of thioether (sulfide) groups is 1. The second-order valence-corrected chi connectivity index (χ2v) is 6.88. The first kappa shape index (κ1) is 15.2. The SMILES string of the molecule is Fc1ccc(-n2cc(-c3ccc(N4CCSCC4)cc3)cn2)nc1. The van der Waals surface area contributed by atoms with Crippen LogP contribution in [-0.2, 0) is 0 Å². The zero-order chi connectivity index (χ0) is 16.4. The molecule has 1 aromatic carbocycles. The van der Waals surface area contributed by atoms with Gasteiger partial charge in [-0.1, -0.05) is 12.1 Å². The third-order valence-electron chi connectivity index (χ3n) is 4.11. The van der Waals surface area contributed by atoms with Gasteiger partial charge in [-0.15, -0.1) is 0 Å². The summed E-state index contributed by atoms with van der Waals surface area (Å²) >= 11 is 2.01. The molecule has 0 spiro atoms. The molecule has 1 saturated heterocycles. The molecule has 4 rings (SSSR count). The van der Waals surface area contributed by atoms with E-state index in [2.05, 4.69) is 39.2 Å². The van der Waals surface area contributed by atoms with Crippen molar-refractivity contribution in [1.82, 2.24) is 14.8 Å². The first-order valence-corrected chi connectivity index (χ1v) is 9.05. The predicted octanol–water partition coefficient (Wildman–Crippen LogP) is 3.63. The summed E-state index contributed by atoms with van der Waals surface area (Å²) in [5.74, 6) is 2.64. The molecule has 1 fully saturated rings. The van der Waals surface area contributed by atoms with Crippen LogP contribution in [-0.4, -0.2) is 39.4 Å². The average molecular weight is 340 g/mol. The van der Waals surface area contributed by atoms with Crippen molar-refractivity contribution < 1.29 is 4.39 Å². The zero-order valence-electron chi connectivity index (χ0n) is 13.1. The van der Waals surface area contributed by atoms with E-state index in [4.69, 9.17) is 0 Å². The van der Waals surface area contributed by atoms with Gasteiger partial charge in [0.1, 0.15) is 5.82 Å². The molecule has 3 aromatic rings. The number of nitrogens with zero attached hydrogens (tertiary/aromatic N) is 4. The standard InChI is InChI=1S/C18H17FN4S/c19-16-3-6-18(20-12-16)23-13-15(11-21-23)14-1-4-17(5-2-14)22-7-9-24-10-8-22/h1-6,11-13H,7-10H2. The summed E-state index contributed by atoms with van der Waals surface area (Å²) in [5.41, 5.74) is 3.40. The summed E-state index contributed by atoms with van der Waals surface area (Å²) in [7, 11) is 0. The van der Waals surface area contributed by atoms with Crippen molar-refractivity contribution in [3.05, 3.63) is 60.8 Å². The Labute approximate surface area is 144 Å². The largest absolute Gasteiger partial charge is 0.370 e. The molecule has 1 aliphatic heterocycles. The lowest BCUT2D eigenvalue weighted by Gasteiger charge is -2.28. The highest BCUT2D eigenvalue weighted by molar-refractivity contribution is 7.99. The van der Waals surface area contributed by atoms with E-state index in [1.54, 1.807) is 16.9 Å². The summed E-state index contributed by atoms with van der Waals surface area (Å²) in [6, 6.07) is 11.6. The van der Waals surface area contributed by atoms with E-state index in [1.165, 1.54) is 29.5 Å². The number of hydrogen-bond donors (Lipinski definition) is 0. The molecule has 0 N–H and O–H groups in total. The van der Waals surface area contributed by atoms with Crippen LogP contribution in [0.25, 0.3) is 16.9 Å². The highest BCUT2D eigenvalue weighted by atomic mass is 32.2. The maximum Gasteiger partial charge on any atom is 0.153 e. The molecular weight excluding hydrogens is 323 g/mol. The molecule has 6 heteroatoms. The quantitative estimate of drug-likeness (QED) is 0.729. The fourth-order valence-electron chi connectivity index (χ4n) is 2.79. The van der Waals surface area contributed by atoms with Crippen molar-refractivity contribution in [3.63, 3.8) is 0 Å². The monoisotopic (exact) mass is 340 g/mol. The van der Waals surface area contributed by atoms with Crippen molar-refractivity contribution in [1.29, 1.82) is 0 Å². The van der Waals surface area contributed by atoms with Gasteiger partial charge in [-0.2, -0.15) is 16.9 Å². The van der Waals surface area contributed by atoms with Crippen LogP contribution in [0.1, 0.15) is 0 Å². The summed E-state index contributed by atoms with van der Waals surface area (Å²) in [5, 5.41) is 4.32. The number of hydrogen-bond acceptors (Lipinski definition) is 4. The van der Waals surface area contributed by atoms with Gasteiger partial charge in [-0.25, -0.2) is 14.1 Å². The smallest absolute Gasteiger partial charge is 0.153 e. The number of benzene rings is 1. The number of rotatable bonds is 3. The molecular formula is C18H17FN4S. The van der Waals surface area contributed by atoms with Crippen LogP contribution in [0.15, 0.2) is 55.0 Å². The topological polar surface area (TPSA) is 34.0 Å². The molecule has 24 heavy (non-hydrogen) atoms. The second-order valence-electron chi connectivity index (χ2n) is 5.65. The molecule has 3 heterocycles. The Morgan fingerprint density at radius 2 is 1.71 bits per heavy atom. The van der Waals surface area contributed by atoms with Crippen LogP contribution >= 0.6 is 11.8 Å². The van der Waals surface area contributed by atoms with Gasteiger partial charge < -0.3 is 4.90 Å². The fourth-order valence-corrected chi connectivity index (χ4v) is 3.69. The molecule has 1 aliphatic rings. The van der Waals surface area contributed by atoms with Crippen molar-refractivity contribution in [2.75, 3.05) is 29.5 Å². The Hall–Kier alpha value is -2.34. The van der Waals surface area contributed by atoms with Crippen molar-refractivity contribution in [2.45, 2.75) is 0 Å². The average Bonchev–Trinajstić information content (AvgIpc) is 3.13. The van der Waals surface area contributed by atoms with Gasteiger partial charge in [0.25, 0.3) is 0 Å².